The smallest absolute Gasteiger partial charge is 0.306 e. The van der Waals surface area contributed by atoms with Crippen LogP contribution in [0.2, 0.25) is 0 Å². The molecule has 0 aliphatic rings. The SMILES string of the molecule is CC/C=C\C/C=C\C/C=C\C/C=C\C/C=C\C/C=C\C/C=C\CCCCCCCCCCCCCC(=O)OCC(COC(=O)CCCCCCCCCCCCCC)OC(=O)CCCCCCC/C=C\CCCCC. The quantitative estimate of drug-likeness (QED) is 0.0261. The zero-order valence-corrected chi connectivity index (χ0v) is 49.3. The maximum atomic E-state index is 12.8. The molecule has 0 amide bonds. The van der Waals surface area contributed by atoms with Gasteiger partial charge in [0, 0.05) is 19.3 Å². The molecular formula is C69H118O6. The van der Waals surface area contributed by atoms with Crippen molar-refractivity contribution in [3.63, 3.8) is 0 Å². The molecule has 6 nitrogen and oxygen atoms in total. The Hall–Kier alpha value is -3.67. The third-order valence-electron chi connectivity index (χ3n) is 13.6. The molecule has 0 bridgehead atoms. The highest BCUT2D eigenvalue weighted by Crippen LogP contribution is 2.16. The number of rotatable bonds is 57. The fourth-order valence-electron chi connectivity index (χ4n) is 8.83. The van der Waals surface area contributed by atoms with Crippen molar-refractivity contribution in [2.75, 3.05) is 13.2 Å². The van der Waals surface area contributed by atoms with E-state index in [4.69, 9.17) is 14.2 Å². The molecule has 430 valence electrons. The van der Waals surface area contributed by atoms with Gasteiger partial charge < -0.3 is 14.2 Å². The second-order valence-corrected chi connectivity index (χ2v) is 20.9. The van der Waals surface area contributed by atoms with E-state index in [0.717, 1.165) is 116 Å². The Morgan fingerprint density at radius 2 is 0.520 bits per heavy atom. The van der Waals surface area contributed by atoms with E-state index in [2.05, 4.69) is 118 Å². The van der Waals surface area contributed by atoms with E-state index in [9.17, 15) is 14.4 Å². The van der Waals surface area contributed by atoms with E-state index in [1.54, 1.807) is 0 Å². The summed E-state index contributed by atoms with van der Waals surface area (Å²) in [6.45, 7) is 6.51. The second kappa shape index (κ2) is 62.9. The molecule has 0 aromatic heterocycles. The van der Waals surface area contributed by atoms with Gasteiger partial charge in [-0.2, -0.15) is 0 Å². The molecule has 1 atom stereocenters. The number of carbonyl (C=O) groups excluding carboxylic acids is 3. The van der Waals surface area contributed by atoms with Crippen molar-refractivity contribution in [1.82, 2.24) is 0 Å². The van der Waals surface area contributed by atoms with Gasteiger partial charge in [0.1, 0.15) is 13.2 Å². The van der Waals surface area contributed by atoms with Gasteiger partial charge in [-0.25, -0.2) is 0 Å². The van der Waals surface area contributed by atoms with Gasteiger partial charge in [0.25, 0.3) is 0 Å². The van der Waals surface area contributed by atoms with Crippen molar-refractivity contribution < 1.29 is 28.6 Å². The summed E-state index contributed by atoms with van der Waals surface area (Å²) in [5.74, 6) is -0.882. The molecule has 6 heteroatoms. The Morgan fingerprint density at radius 1 is 0.280 bits per heavy atom. The summed E-state index contributed by atoms with van der Waals surface area (Å²) < 4.78 is 16.9. The molecule has 0 rings (SSSR count). The second-order valence-electron chi connectivity index (χ2n) is 20.9. The molecule has 0 fully saturated rings. The van der Waals surface area contributed by atoms with Crippen molar-refractivity contribution in [3.05, 3.63) is 97.2 Å². The maximum absolute atomic E-state index is 12.8. The number of hydrogen-bond donors (Lipinski definition) is 0. The standard InChI is InChI=1S/C69H118O6/c1-4-7-10-13-16-19-22-25-26-27-28-29-30-31-32-33-34-35-36-37-38-39-40-41-42-43-44-45-48-50-53-56-59-62-68(71)74-65-66(75-69(72)63-60-57-54-51-47-24-21-18-15-12-9-6-3)64-73-67(70)61-58-55-52-49-46-23-20-17-14-11-8-5-2/h7,10,16,18-19,21,25-26,28-29,31-32,34-35,37-38,66H,4-6,8-9,11-15,17,20,22-24,27,30,33,36,39-65H2,1-3H3/b10-7-,19-16-,21-18-,26-25-,29-28-,32-31-,35-34-,38-37-. The van der Waals surface area contributed by atoms with Crippen molar-refractivity contribution in [3.8, 4) is 0 Å². The predicted octanol–water partition coefficient (Wildman–Crippen LogP) is 21.7. The summed E-state index contributed by atoms with van der Waals surface area (Å²) in [7, 11) is 0. The topological polar surface area (TPSA) is 78.9 Å². The zero-order valence-electron chi connectivity index (χ0n) is 49.3. The molecule has 75 heavy (non-hydrogen) atoms. The molecule has 0 aromatic carbocycles. The lowest BCUT2D eigenvalue weighted by molar-refractivity contribution is -0.167. The lowest BCUT2D eigenvalue weighted by Gasteiger charge is -2.18. The molecule has 0 saturated heterocycles. The van der Waals surface area contributed by atoms with Crippen LogP contribution in [0, 0.1) is 0 Å². The van der Waals surface area contributed by atoms with Crippen molar-refractivity contribution >= 4 is 17.9 Å². The Morgan fingerprint density at radius 3 is 0.853 bits per heavy atom. The first kappa shape index (κ1) is 71.3. The third-order valence-corrected chi connectivity index (χ3v) is 13.6. The summed E-state index contributed by atoms with van der Waals surface area (Å²) in [4.78, 5) is 38.1. The summed E-state index contributed by atoms with van der Waals surface area (Å²) in [6.07, 6.45) is 84.2. The first-order valence-electron chi connectivity index (χ1n) is 31.7. The molecule has 0 aromatic rings. The minimum absolute atomic E-state index is 0.0776. The number of esters is 3. The molecular weight excluding hydrogens is 925 g/mol. The Labute approximate surface area is 464 Å². The van der Waals surface area contributed by atoms with Crippen LogP contribution in [0.5, 0.6) is 0 Å². The highest BCUT2D eigenvalue weighted by atomic mass is 16.6. The molecule has 0 spiro atoms. The average molecular weight is 1040 g/mol. The Kier molecular flexibility index (Phi) is 59.8. The van der Waals surface area contributed by atoms with E-state index in [1.807, 2.05) is 0 Å². The predicted molar refractivity (Wildman–Crippen MR) is 325 cm³/mol. The van der Waals surface area contributed by atoms with Crippen molar-refractivity contribution in [1.29, 1.82) is 0 Å². The van der Waals surface area contributed by atoms with Crippen LogP contribution in [0.3, 0.4) is 0 Å². The minimum atomic E-state index is -0.780. The number of ether oxygens (including phenoxy) is 3. The van der Waals surface area contributed by atoms with E-state index < -0.39 is 6.10 Å². The van der Waals surface area contributed by atoms with Gasteiger partial charge in [-0.3, -0.25) is 14.4 Å². The summed E-state index contributed by atoms with van der Waals surface area (Å²) in [5.41, 5.74) is 0. The van der Waals surface area contributed by atoms with Gasteiger partial charge in [-0.05, 0) is 103 Å². The summed E-state index contributed by atoms with van der Waals surface area (Å²) in [5, 5.41) is 0. The van der Waals surface area contributed by atoms with Crippen molar-refractivity contribution in [2.24, 2.45) is 0 Å². The lowest BCUT2D eigenvalue weighted by atomic mass is 10.0. The van der Waals surface area contributed by atoms with Crippen molar-refractivity contribution in [2.45, 2.75) is 309 Å². The highest BCUT2D eigenvalue weighted by molar-refractivity contribution is 5.71. The fourth-order valence-corrected chi connectivity index (χ4v) is 8.83. The molecule has 0 aliphatic carbocycles. The van der Waals surface area contributed by atoms with Crippen LogP contribution >= 0.6 is 0 Å². The normalized spacial score (nSPS) is 12.7. The van der Waals surface area contributed by atoms with E-state index >= 15 is 0 Å². The van der Waals surface area contributed by atoms with E-state index in [0.29, 0.717) is 19.3 Å². The van der Waals surface area contributed by atoms with Crippen LogP contribution in [-0.4, -0.2) is 37.2 Å². The number of allylic oxidation sites excluding steroid dienone is 16. The summed E-state index contributed by atoms with van der Waals surface area (Å²) >= 11 is 0. The molecule has 0 N–H and O–H groups in total. The first-order chi connectivity index (χ1) is 37.0. The van der Waals surface area contributed by atoms with Crippen LogP contribution in [0.25, 0.3) is 0 Å². The van der Waals surface area contributed by atoms with Gasteiger partial charge in [0.15, 0.2) is 6.10 Å². The molecule has 1 unspecified atom stereocenters. The van der Waals surface area contributed by atoms with Crippen LogP contribution in [0.15, 0.2) is 97.2 Å². The zero-order chi connectivity index (χ0) is 54.3. The number of unbranched alkanes of at least 4 members (excludes halogenated alkanes) is 30. The molecule has 0 radical (unpaired) electrons. The van der Waals surface area contributed by atoms with Crippen LogP contribution in [0.4, 0.5) is 0 Å². The highest BCUT2D eigenvalue weighted by Gasteiger charge is 2.19. The first-order valence-corrected chi connectivity index (χ1v) is 31.7. The molecule has 0 heterocycles. The largest absolute Gasteiger partial charge is 0.462 e. The summed E-state index contributed by atoms with van der Waals surface area (Å²) in [6, 6.07) is 0. The van der Waals surface area contributed by atoms with Crippen LogP contribution < -0.4 is 0 Å². The average Bonchev–Trinajstić information content (AvgIpc) is 3.41. The van der Waals surface area contributed by atoms with Gasteiger partial charge in [0.05, 0.1) is 0 Å². The fraction of sp³-hybridized carbons (Fsp3) is 0.725. The van der Waals surface area contributed by atoms with Gasteiger partial charge in [0.2, 0.25) is 0 Å². The lowest BCUT2D eigenvalue weighted by Crippen LogP contribution is -2.30. The van der Waals surface area contributed by atoms with Crippen LogP contribution in [-0.2, 0) is 28.6 Å². The van der Waals surface area contributed by atoms with Crippen LogP contribution in [0.1, 0.15) is 303 Å². The number of hydrogen-bond acceptors (Lipinski definition) is 6. The van der Waals surface area contributed by atoms with Gasteiger partial charge in [-0.1, -0.05) is 279 Å². The minimum Gasteiger partial charge on any atom is -0.462 e. The van der Waals surface area contributed by atoms with Gasteiger partial charge in [-0.15, -0.1) is 0 Å². The maximum Gasteiger partial charge on any atom is 0.306 e. The molecule has 0 aliphatic heterocycles. The third kappa shape index (κ3) is 61.1. The van der Waals surface area contributed by atoms with Gasteiger partial charge >= 0.3 is 17.9 Å². The Balaban J connectivity index is 4.15. The molecule has 0 saturated carbocycles. The number of carbonyl (C=O) groups is 3. The Bertz CT molecular complexity index is 1480. The monoisotopic (exact) mass is 1040 g/mol. The van der Waals surface area contributed by atoms with E-state index in [-0.39, 0.29) is 31.1 Å². The van der Waals surface area contributed by atoms with E-state index in [1.165, 1.54) is 148 Å².